The van der Waals surface area contributed by atoms with Crippen LogP contribution in [0.3, 0.4) is 0 Å². The number of urea groups is 1. The number of aryl methyl sites for hydroxylation is 1. The monoisotopic (exact) mass is 611 g/mol. The normalized spacial score (nSPS) is 23.7. The Balaban J connectivity index is 1.14. The summed E-state index contributed by atoms with van der Waals surface area (Å²) in [4.78, 5) is 43.0. The number of ether oxygens (including phenoxy) is 1. The highest BCUT2D eigenvalue weighted by Crippen LogP contribution is 2.48. The van der Waals surface area contributed by atoms with Crippen LogP contribution >= 0.6 is 11.8 Å². The molecule has 3 atom stereocenters. The number of amides is 4. The van der Waals surface area contributed by atoms with Crippen molar-refractivity contribution in [2.75, 3.05) is 36.5 Å². The molecule has 11 nitrogen and oxygen atoms in total. The largest absolute Gasteiger partial charge is 0.457 e. The maximum Gasteiger partial charge on any atom is 0.326 e. The summed E-state index contributed by atoms with van der Waals surface area (Å²) < 4.78 is 28.7. The van der Waals surface area contributed by atoms with Gasteiger partial charge in [0.25, 0.3) is 5.91 Å². The molecule has 3 fully saturated rings. The lowest BCUT2D eigenvalue weighted by molar-refractivity contribution is -0.137. The molecule has 2 aromatic rings. The number of carbonyl (C=O) groups is 3. The summed E-state index contributed by atoms with van der Waals surface area (Å²) in [5, 5.41) is 9.46. The van der Waals surface area contributed by atoms with Crippen molar-refractivity contribution in [2.24, 2.45) is 5.92 Å². The van der Waals surface area contributed by atoms with Crippen molar-refractivity contribution in [3.05, 3.63) is 64.7 Å². The number of piperidine rings is 1. The zero-order valence-electron chi connectivity index (χ0n) is 23.3. The second-order valence-electron chi connectivity index (χ2n) is 11.1. The summed E-state index contributed by atoms with van der Waals surface area (Å²) in [6.07, 6.45) is 1.78. The van der Waals surface area contributed by atoms with Crippen molar-refractivity contribution in [1.29, 1.82) is 0 Å². The zero-order valence-corrected chi connectivity index (χ0v) is 25.0. The molecule has 6 rings (SSSR count). The fourth-order valence-corrected chi connectivity index (χ4v) is 7.89. The standard InChI is InChI=1S/C29H33N5O6S2/c1-17-14-20(40-19-6-4-3-5-7-19)8-9-21(17)34-22-10-12-30-28-24(22)25(32-29(34)37)26(41-28)27(36)31-18-15-33(16-18)23(35)11-13-42(2,38)39/h3-9,14,18,22,24,28,30H,10-13,15-16H2,1-2H3,(H,31,36)(H,32,37). The Morgan fingerprint density at radius 1 is 1.12 bits per heavy atom. The van der Waals surface area contributed by atoms with Gasteiger partial charge in [-0.05, 0) is 55.8 Å². The molecule has 42 heavy (non-hydrogen) atoms. The molecule has 222 valence electrons. The number of anilines is 1. The van der Waals surface area contributed by atoms with Crippen molar-refractivity contribution in [2.45, 2.75) is 37.2 Å². The molecule has 0 saturated carbocycles. The number of thioether (sulfide) groups is 1. The molecule has 3 saturated heterocycles. The maximum absolute atomic E-state index is 13.6. The first-order chi connectivity index (χ1) is 20.1. The van der Waals surface area contributed by atoms with Gasteiger partial charge in [-0.1, -0.05) is 30.0 Å². The van der Waals surface area contributed by atoms with E-state index in [1.807, 2.05) is 60.4 Å². The Labute approximate surface area is 248 Å². The van der Waals surface area contributed by atoms with Gasteiger partial charge < -0.3 is 25.6 Å². The van der Waals surface area contributed by atoms with Crippen molar-refractivity contribution in [3.63, 3.8) is 0 Å². The molecule has 0 radical (unpaired) electrons. The first-order valence-electron chi connectivity index (χ1n) is 13.9. The lowest BCUT2D eigenvalue weighted by Gasteiger charge is -2.46. The molecule has 4 heterocycles. The van der Waals surface area contributed by atoms with E-state index in [0.717, 1.165) is 29.7 Å². The van der Waals surface area contributed by atoms with Crippen LogP contribution in [0.2, 0.25) is 0 Å². The quantitative estimate of drug-likeness (QED) is 0.414. The van der Waals surface area contributed by atoms with E-state index in [1.165, 1.54) is 11.8 Å². The van der Waals surface area contributed by atoms with Gasteiger partial charge in [-0.3, -0.25) is 14.5 Å². The predicted molar refractivity (Wildman–Crippen MR) is 160 cm³/mol. The third-order valence-corrected chi connectivity index (χ3v) is 10.3. The van der Waals surface area contributed by atoms with Gasteiger partial charge in [0.15, 0.2) is 0 Å². The highest BCUT2D eigenvalue weighted by Gasteiger charge is 2.52. The minimum absolute atomic E-state index is 0.0564. The van der Waals surface area contributed by atoms with Crippen LogP contribution in [-0.4, -0.2) is 80.3 Å². The second-order valence-corrected chi connectivity index (χ2v) is 14.5. The minimum Gasteiger partial charge on any atom is -0.457 e. The molecule has 13 heteroatoms. The maximum atomic E-state index is 13.6. The second kappa shape index (κ2) is 11.3. The van der Waals surface area contributed by atoms with Gasteiger partial charge >= 0.3 is 6.03 Å². The van der Waals surface area contributed by atoms with Crippen LogP contribution in [0, 0.1) is 12.8 Å². The first-order valence-corrected chi connectivity index (χ1v) is 16.9. The predicted octanol–water partition coefficient (Wildman–Crippen LogP) is 2.34. The molecule has 2 aromatic carbocycles. The Bertz CT molecular complexity index is 1560. The number of para-hydroxylation sites is 1. The molecular weight excluding hydrogens is 578 g/mol. The van der Waals surface area contributed by atoms with E-state index in [-0.39, 0.29) is 53.4 Å². The van der Waals surface area contributed by atoms with Crippen LogP contribution in [0.25, 0.3) is 0 Å². The summed E-state index contributed by atoms with van der Waals surface area (Å²) in [6.45, 7) is 3.34. The SMILES string of the molecule is Cc1cc(Oc2ccccc2)ccc1N1C(=O)NC2=C(C(=O)NC3CN(C(=O)CCS(C)(=O)=O)C3)SC3NCCC1C23. The molecule has 0 spiro atoms. The zero-order chi connectivity index (χ0) is 29.6. The number of nitrogens with zero attached hydrogens (tertiary/aromatic N) is 2. The van der Waals surface area contributed by atoms with Crippen molar-refractivity contribution >= 4 is 45.1 Å². The Kier molecular flexibility index (Phi) is 7.66. The third kappa shape index (κ3) is 5.72. The van der Waals surface area contributed by atoms with E-state index in [0.29, 0.717) is 36.0 Å². The molecule has 3 unspecified atom stereocenters. The van der Waals surface area contributed by atoms with Gasteiger partial charge in [-0.2, -0.15) is 0 Å². The van der Waals surface area contributed by atoms with Crippen LogP contribution in [0.4, 0.5) is 10.5 Å². The molecule has 4 amide bonds. The number of hydrogen-bond acceptors (Lipinski definition) is 8. The third-order valence-electron chi connectivity index (χ3n) is 8.01. The Morgan fingerprint density at radius 3 is 2.60 bits per heavy atom. The average molecular weight is 612 g/mol. The van der Waals surface area contributed by atoms with Crippen LogP contribution in [-0.2, 0) is 19.4 Å². The molecule has 0 bridgehead atoms. The van der Waals surface area contributed by atoms with Gasteiger partial charge in [-0.15, -0.1) is 0 Å². The van der Waals surface area contributed by atoms with Crippen LogP contribution in [0.5, 0.6) is 11.5 Å². The van der Waals surface area contributed by atoms with E-state index >= 15 is 0 Å². The van der Waals surface area contributed by atoms with E-state index in [4.69, 9.17) is 4.74 Å². The van der Waals surface area contributed by atoms with Crippen molar-refractivity contribution in [3.8, 4) is 11.5 Å². The summed E-state index contributed by atoms with van der Waals surface area (Å²) in [5.41, 5.74) is 2.35. The topological polar surface area (TPSA) is 137 Å². The summed E-state index contributed by atoms with van der Waals surface area (Å²) in [5.74, 6) is 0.632. The summed E-state index contributed by atoms with van der Waals surface area (Å²) in [6, 6.07) is 14.6. The van der Waals surface area contributed by atoms with E-state index < -0.39 is 9.84 Å². The highest BCUT2D eigenvalue weighted by atomic mass is 32.2. The molecule has 3 N–H and O–H groups in total. The molecule has 4 aliphatic heterocycles. The van der Waals surface area contributed by atoms with Gasteiger partial charge in [-0.25, -0.2) is 13.2 Å². The smallest absolute Gasteiger partial charge is 0.326 e. The Hall–Kier alpha value is -3.55. The number of rotatable bonds is 8. The molecule has 4 aliphatic rings. The minimum atomic E-state index is -3.22. The highest BCUT2D eigenvalue weighted by molar-refractivity contribution is 8.04. The van der Waals surface area contributed by atoms with Gasteiger partial charge in [0.05, 0.1) is 28.1 Å². The lowest BCUT2D eigenvalue weighted by atomic mass is 9.86. The number of likely N-dealkylation sites (tertiary alicyclic amines) is 1. The summed E-state index contributed by atoms with van der Waals surface area (Å²) >= 11 is 1.43. The van der Waals surface area contributed by atoms with Crippen LogP contribution in [0.1, 0.15) is 18.4 Å². The van der Waals surface area contributed by atoms with E-state index in [1.54, 1.807) is 4.90 Å². The molecule has 0 aromatic heterocycles. The van der Waals surface area contributed by atoms with Gasteiger partial charge in [0, 0.05) is 43.1 Å². The number of benzene rings is 2. The van der Waals surface area contributed by atoms with Gasteiger partial charge in [0.2, 0.25) is 5.91 Å². The first kappa shape index (κ1) is 28.6. The van der Waals surface area contributed by atoms with Crippen molar-refractivity contribution < 1.29 is 27.5 Å². The molecule has 0 aliphatic carbocycles. The molecular formula is C29H33N5O6S2. The van der Waals surface area contributed by atoms with Crippen molar-refractivity contribution in [1.82, 2.24) is 20.9 Å². The number of nitrogens with one attached hydrogen (secondary N) is 3. The fourth-order valence-electron chi connectivity index (χ4n) is 5.94. The average Bonchev–Trinajstić information content (AvgIpc) is 3.29. The Morgan fingerprint density at radius 2 is 1.88 bits per heavy atom. The number of carbonyl (C=O) groups excluding carboxylic acids is 3. The van der Waals surface area contributed by atoms with E-state index in [9.17, 15) is 22.8 Å². The van der Waals surface area contributed by atoms with Gasteiger partial charge in [0.1, 0.15) is 21.3 Å². The summed E-state index contributed by atoms with van der Waals surface area (Å²) in [7, 11) is -3.22. The van der Waals surface area contributed by atoms with Crippen LogP contribution < -0.4 is 25.6 Å². The van der Waals surface area contributed by atoms with Crippen LogP contribution in [0.15, 0.2) is 59.1 Å². The van der Waals surface area contributed by atoms with E-state index in [2.05, 4.69) is 16.0 Å². The number of sulfone groups is 1. The lowest BCUT2D eigenvalue weighted by Crippen LogP contribution is -2.62. The fraction of sp³-hybridized carbons (Fsp3) is 0.414. The number of hydrogen-bond donors (Lipinski definition) is 3.